The summed E-state index contributed by atoms with van der Waals surface area (Å²) in [6, 6.07) is 10.5. The van der Waals surface area contributed by atoms with E-state index in [1.165, 1.54) is 0 Å². The van der Waals surface area contributed by atoms with Crippen molar-refractivity contribution in [3.8, 4) is 11.3 Å². The molecule has 1 unspecified atom stereocenters. The summed E-state index contributed by atoms with van der Waals surface area (Å²) in [4.78, 5) is 21.0. The van der Waals surface area contributed by atoms with Gasteiger partial charge in [-0.1, -0.05) is 35.3 Å². The molecule has 1 saturated heterocycles. The first kappa shape index (κ1) is 24.2. The largest absolute Gasteiger partial charge is 0.383 e. The van der Waals surface area contributed by atoms with Crippen molar-refractivity contribution < 1.29 is 4.79 Å². The minimum Gasteiger partial charge on any atom is -0.383 e. The number of anilines is 2. The number of hydrogen-bond acceptors (Lipinski definition) is 6. The highest BCUT2D eigenvalue weighted by Gasteiger charge is 2.25. The van der Waals surface area contributed by atoms with Gasteiger partial charge in [-0.05, 0) is 43.7 Å². The van der Waals surface area contributed by atoms with Gasteiger partial charge in [0.2, 0.25) is 0 Å². The normalized spacial score (nSPS) is 15.6. The summed E-state index contributed by atoms with van der Waals surface area (Å²) in [7, 11) is 0. The molecule has 1 aliphatic rings. The molecule has 1 amide bonds. The van der Waals surface area contributed by atoms with Gasteiger partial charge in [0.25, 0.3) is 5.91 Å². The van der Waals surface area contributed by atoms with E-state index in [1.807, 2.05) is 4.68 Å². The predicted octanol–water partition coefficient (Wildman–Crippen LogP) is 4.98. The molecule has 0 radical (unpaired) electrons. The Labute approximate surface area is 212 Å². The Bertz CT molecular complexity index is 1340. The van der Waals surface area contributed by atoms with E-state index in [2.05, 4.69) is 20.6 Å². The van der Waals surface area contributed by atoms with Gasteiger partial charge < -0.3 is 16.4 Å². The molecule has 0 spiro atoms. The number of carbonyl (C=O) groups is 1. The first-order chi connectivity index (χ1) is 16.0. The number of hydrogen-bond donors (Lipinski definition) is 3. The Hall–Kier alpha value is -2.91. The molecule has 0 aliphatic carbocycles. The fourth-order valence-corrected chi connectivity index (χ4v) is 4.63. The number of nitrogen functional groups attached to an aromatic ring is 1. The van der Waals surface area contributed by atoms with E-state index in [0.29, 0.717) is 43.9 Å². The van der Waals surface area contributed by atoms with Gasteiger partial charge in [0, 0.05) is 23.9 Å². The molecule has 4 N–H and O–H groups in total. The van der Waals surface area contributed by atoms with E-state index >= 15 is 0 Å². The maximum atomic E-state index is 12.7. The molecule has 5 rings (SSSR count). The number of nitrogens with two attached hydrogens (primary N) is 1. The Morgan fingerprint density at radius 3 is 2.74 bits per heavy atom. The molecule has 0 saturated carbocycles. The molecule has 34 heavy (non-hydrogen) atoms. The van der Waals surface area contributed by atoms with Crippen molar-refractivity contribution in [3.05, 3.63) is 64.4 Å². The van der Waals surface area contributed by atoms with Gasteiger partial charge in [-0.2, -0.15) is 5.10 Å². The van der Waals surface area contributed by atoms with Crippen LogP contribution >= 0.6 is 35.6 Å². The van der Waals surface area contributed by atoms with Crippen LogP contribution in [0.1, 0.15) is 29.2 Å². The Morgan fingerprint density at radius 1 is 1.18 bits per heavy atom. The zero-order chi connectivity index (χ0) is 22.9. The van der Waals surface area contributed by atoms with Crippen LogP contribution in [0.4, 0.5) is 11.6 Å². The lowest BCUT2D eigenvalue weighted by molar-refractivity contribution is 0.102. The van der Waals surface area contributed by atoms with E-state index in [1.54, 1.807) is 48.8 Å². The summed E-state index contributed by atoms with van der Waals surface area (Å²) in [6.07, 6.45) is 5.17. The third kappa shape index (κ3) is 4.54. The topological polar surface area (TPSA) is 111 Å². The molecular formula is C23H22Cl3N7O. The van der Waals surface area contributed by atoms with Crippen molar-refractivity contribution in [1.29, 1.82) is 0 Å². The van der Waals surface area contributed by atoms with Gasteiger partial charge >= 0.3 is 0 Å². The van der Waals surface area contributed by atoms with Crippen LogP contribution in [0.3, 0.4) is 0 Å². The zero-order valence-corrected chi connectivity index (χ0v) is 20.3. The quantitative estimate of drug-likeness (QED) is 0.351. The predicted molar refractivity (Wildman–Crippen MR) is 138 cm³/mol. The highest BCUT2D eigenvalue weighted by atomic mass is 35.5. The van der Waals surface area contributed by atoms with Crippen LogP contribution in [0.25, 0.3) is 22.2 Å². The third-order valence-electron chi connectivity index (χ3n) is 5.72. The lowest BCUT2D eigenvalue weighted by atomic mass is 10.1. The second kappa shape index (κ2) is 10.1. The lowest BCUT2D eigenvalue weighted by Crippen LogP contribution is -2.32. The second-order valence-electron chi connectivity index (χ2n) is 7.87. The molecular weight excluding hydrogens is 497 g/mol. The highest BCUT2D eigenvalue weighted by Crippen LogP contribution is 2.39. The number of benzene rings is 1. The molecule has 8 nitrogen and oxygen atoms in total. The van der Waals surface area contributed by atoms with Gasteiger partial charge in [-0.25, -0.2) is 9.97 Å². The lowest BCUT2D eigenvalue weighted by Gasteiger charge is -2.24. The third-order valence-corrected chi connectivity index (χ3v) is 6.31. The number of rotatable bonds is 4. The van der Waals surface area contributed by atoms with Crippen LogP contribution in [0, 0.1) is 0 Å². The van der Waals surface area contributed by atoms with Gasteiger partial charge in [0.15, 0.2) is 0 Å². The van der Waals surface area contributed by atoms with Crippen molar-refractivity contribution in [2.24, 2.45) is 0 Å². The minimum atomic E-state index is -0.310. The number of pyridine rings is 2. The van der Waals surface area contributed by atoms with Crippen LogP contribution in [-0.2, 0) is 0 Å². The van der Waals surface area contributed by atoms with Crippen LogP contribution in [0.15, 0.2) is 48.8 Å². The molecule has 1 fully saturated rings. The SMILES string of the molecule is Cl.Nc1ncc(Cl)c2c1c(-c1ccc(C(=O)Nc3ccccn3)cc1Cl)nn2C1CCCNC1. The zero-order valence-electron chi connectivity index (χ0n) is 18.0. The first-order valence-corrected chi connectivity index (χ1v) is 11.3. The van der Waals surface area contributed by atoms with Crippen molar-refractivity contribution >= 4 is 64.1 Å². The maximum Gasteiger partial charge on any atom is 0.256 e. The van der Waals surface area contributed by atoms with E-state index in [4.69, 9.17) is 34.0 Å². The average molecular weight is 519 g/mol. The van der Waals surface area contributed by atoms with Crippen LogP contribution in [-0.4, -0.2) is 38.7 Å². The monoisotopic (exact) mass is 517 g/mol. The minimum absolute atomic E-state index is 0. The van der Waals surface area contributed by atoms with E-state index in [9.17, 15) is 4.79 Å². The second-order valence-corrected chi connectivity index (χ2v) is 8.69. The number of fused-ring (bicyclic) bond motifs is 1. The molecule has 4 heterocycles. The van der Waals surface area contributed by atoms with Crippen molar-refractivity contribution in [1.82, 2.24) is 25.1 Å². The fourth-order valence-electron chi connectivity index (χ4n) is 4.13. The molecule has 11 heteroatoms. The average Bonchev–Trinajstić information content (AvgIpc) is 3.24. The Morgan fingerprint density at radius 2 is 2.03 bits per heavy atom. The molecule has 0 bridgehead atoms. The van der Waals surface area contributed by atoms with Crippen molar-refractivity contribution in [3.63, 3.8) is 0 Å². The number of amides is 1. The van der Waals surface area contributed by atoms with Crippen LogP contribution < -0.4 is 16.4 Å². The first-order valence-electron chi connectivity index (χ1n) is 10.6. The Kier molecular flexibility index (Phi) is 7.23. The number of carbonyl (C=O) groups excluding carboxylic acids is 1. The molecule has 4 aromatic rings. The number of nitrogens with zero attached hydrogens (tertiary/aromatic N) is 4. The van der Waals surface area contributed by atoms with E-state index in [-0.39, 0.29) is 24.4 Å². The van der Waals surface area contributed by atoms with Gasteiger partial charge in [-0.3, -0.25) is 9.48 Å². The summed E-state index contributed by atoms with van der Waals surface area (Å²) in [6.45, 7) is 1.77. The summed E-state index contributed by atoms with van der Waals surface area (Å²) >= 11 is 13.2. The smallest absolute Gasteiger partial charge is 0.256 e. The van der Waals surface area contributed by atoms with Crippen molar-refractivity contribution in [2.45, 2.75) is 18.9 Å². The number of aromatic nitrogens is 4. The molecule has 3 aromatic heterocycles. The van der Waals surface area contributed by atoms with Gasteiger partial charge in [0.1, 0.15) is 17.3 Å². The van der Waals surface area contributed by atoms with Crippen LogP contribution in [0.2, 0.25) is 10.0 Å². The summed E-state index contributed by atoms with van der Waals surface area (Å²) in [5, 5.41) is 12.5. The van der Waals surface area contributed by atoms with Gasteiger partial charge in [-0.15, -0.1) is 12.4 Å². The van der Waals surface area contributed by atoms with Gasteiger partial charge in [0.05, 0.1) is 33.2 Å². The maximum absolute atomic E-state index is 12.7. The number of piperidine rings is 1. The number of nitrogens with one attached hydrogen (secondary N) is 2. The summed E-state index contributed by atoms with van der Waals surface area (Å²) in [5.74, 6) is 0.476. The standard InChI is InChI=1S/C23H21Cl2N7O.ClH/c24-16-10-13(23(33)30-18-5-1-2-9-28-18)6-7-15(16)20-19-21(17(25)12-29-22(19)26)32(31-20)14-4-3-8-27-11-14;/h1-2,5-7,9-10,12,14,27H,3-4,8,11H2,(H2,26,29)(H,28,30,33);1H. The number of halogens is 3. The van der Waals surface area contributed by atoms with E-state index < -0.39 is 0 Å². The van der Waals surface area contributed by atoms with Crippen molar-refractivity contribution in [2.75, 3.05) is 24.1 Å². The molecule has 1 aliphatic heterocycles. The molecule has 176 valence electrons. The van der Waals surface area contributed by atoms with Crippen LogP contribution in [0.5, 0.6) is 0 Å². The van der Waals surface area contributed by atoms with E-state index in [0.717, 1.165) is 31.4 Å². The fraction of sp³-hybridized carbons (Fsp3) is 0.217. The Balaban J connectivity index is 0.00000274. The summed E-state index contributed by atoms with van der Waals surface area (Å²) in [5.41, 5.74) is 8.64. The molecule has 1 atom stereocenters. The summed E-state index contributed by atoms with van der Waals surface area (Å²) < 4.78 is 1.93. The molecule has 1 aromatic carbocycles. The highest BCUT2D eigenvalue weighted by molar-refractivity contribution is 6.37.